The normalized spacial score (nSPS) is 13.9. The Labute approximate surface area is 377 Å². The molecule has 0 saturated heterocycles. The zero-order valence-corrected chi connectivity index (χ0v) is 39.4. The Kier molecular flexibility index (Phi) is 40.7. The van der Waals surface area contributed by atoms with Crippen LogP contribution in [0.1, 0.15) is 149 Å². The molecule has 0 rings (SSSR count). The highest BCUT2D eigenvalue weighted by atomic mass is 16.7. The molecule has 0 N–H and O–H groups in total. The van der Waals surface area contributed by atoms with Crippen molar-refractivity contribution in [2.45, 2.75) is 161 Å². The first-order valence-electron chi connectivity index (χ1n) is 23.5. The van der Waals surface area contributed by atoms with E-state index < -0.39 is 24.3 Å². The van der Waals surface area contributed by atoms with E-state index in [0.29, 0.717) is 17.4 Å². The summed E-state index contributed by atoms with van der Waals surface area (Å²) in [5, 5.41) is 11.6. The Hall–Kier alpha value is -4.05. The summed E-state index contributed by atoms with van der Waals surface area (Å²) < 4.78 is 22.4. The van der Waals surface area contributed by atoms with Crippen molar-refractivity contribution in [3.63, 3.8) is 0 Å². The number of likely N-dealkylation sites (N-methyl/N-ethyl adjacent to an activating group) is 1. The average Bonchev–Trinajstić information content (AvgIpc) is 3.23. The van der Waals surface area contributed by atoms with E-state index in [-0.39, 0.29) is 38.6 Å². The van der Waals surface area contributed by atoms with E-state index in [4.69, 9.17) is 18.9 Å². The van der Waals surface area contributed by atoms with Crippen LogP contribution < -0.4 is 5.11 Å². The molecule has 0 aromatic carbocycles. The highest BCUT2D eigenvalue weighted by Crippen LogP contribution is 2.11. The molecular formula is C53H85NO8. The van der Waals surface area contributed by atoms with Gasteiger partial charge in [0.05, 0.1) is 40.3 Å². The Balaban J connectivity index is 4.29. The molecule has 0 aliphatic carbocycles. The highest BCUT2D eigenvalue weighted by Gasteiger charge is 2.21. The van der Waals surface area contributed by atoms with Crippen molar-refractivity contribution in [2.75, 3.05) is 47.5 Å². The molecule has 0 aliphatic heterocycles. The van der Waals surface area contributed by atoms with E-state index in [1.54, 1.807) is 0 Å². The first kappa shape index (κ1) is 58.0. The molecule has 0 aromatic heterocycles. The van der Waals surface area contributed by atoms with Crippen LogP contribution in [0.2, 0.25) is 0 Å². The third kappa shape index (κ3) is 44.0. The van der Waals surface area contributed by atoms with Crippen molar-refractivity contribution in [1.29, 1.82) is 0 Å². The lowest BCUT2D eigenvalue weighted by molar-refractivity contribution is -0.870. The first-order valence-corrected chi connectivity index (χ1v) is 23.5. The van der Waals surface area contributed by atoms with E-state index in [1.807, 2.05) is 21.1 Å². The standard InChI is InChI=1S/C53H85NO8/c1-6-8-10-12-14-15-16-17-18-19-20-21-22-23-24-25-26-27-28-29-30-31-32-33-34-35-36-37-38-40-42-44-51(56)62-49(47-60-50(55)43-41-39-13-11-9-7-2)48-61-53(52(57)58)59-46-45-54(3,4)5/h8,10,14-15,17-18,20-21,23-24,26-27,29-30,32-33,35-36,49,53H,6-7,9,11-13,16,19,22,25,28,31,34,37-48H2,1-5H3/b10-8-,15-14-,18-17-,21-20-,24-23-,27-26-,30-29-,33-32-,36-35-. The minimum absolute atomic E-state index is 0.135. The fourth-order valence-corrected chi connectivity index (χ4v) is 5.64. The van der Waals surface area contributed by atoms with Crippen molar-refractivity contribution < 1.29 is 42.9 Å². The lowest BCUT2D eigenvalue weighted by atomic mass is 10.1. The SMILES string of the molecule is CC/C=C\C/C=C\C/C=C\C/C=C\C/C=C\C/C=C\C/C=C\C/C=C\C/C=C\CCCCCC(=O)OC(COC(=O)CCCCCCCC)COC(OCC[N+](C)(C)C)C(=O)[O-]. The first-order chi connectivity index (χ1) is 30.1. The molecule has 0 aliphatic rings. The van der Waals surface area contributed by atoms with E-state index in [9.17, 15) is 19.5 Å². The molecule has 62 heavy (non-hydrogen) atoms. The number of unbranched alkanes of at least 4 members (excludes halogenated alkanes) is 8. The number of rotatable bonds is 41. The second-order valence-electron chi connectivity index (χ2n) is 16.3. The van der Waals surface area contributed by atoms with Crippen molar-refractivity contribution in [3.8, 4) is 0 Å². The molecular weight excluding hydrogens is 779 g/mol. The number of carboxylic acids is 1. The lowest BCUT2D eigenvalue weighted by Gasteiger charge is -2.26. The zero-order valence-electron chi connectivity index (χ0n) is 39.4. The number of allylic oxidation sites excluding steroid dienone is 18. The van der Waals surface area contributed by atoms with Crippen molar-refractivity contribution in [2.24, 2.45) is 0 Å². The maximum absolute atomic E-state index is 12.7. The van der Waals surface area contributed by atoms with Crippen LogP contribution in [0.25, 0.3) is 0 Å². The van der Waals surface area contributed by atoms with Crippen LogP contribution in [0, 0.1) is 0 Å². The number of ether oxygens (including phenoxy) is 4. The number of carbonyl (C=O) groups excluding carboxylic acids is 3. The molecule has 0 saturated carbocycles. The van der Waals surface area contributed by atoms with Crippen LogP contribution in [-0.2, 0) is 33.3 Å². The van der Waals surface area contributed by atoms with Gasteiger partial charge in [-0.05, 0) is 83.5 Å². The van der Waals surface area contributed by atoms with Gasteiger partial charge in [0.25, 0.3) is 0 Å². The van der Waals surface area contributed by atoms with E-state index in [2.05, 4.69) is 123 Å². The van der Waals surface area contributed by atoms with E-state index >= 15 is 0 Å². The fraction of sp³-hybridized carbons (Fsp3) is 0.604. The molecule has 0 amide bonds. The summed E-state index contributed by atoms with van der Waals surface area (Å²) in [6.07, 6.45) is 56.0. The quantitative estimate of drug-likeness (QED) is 0.0196. The molecule has 9 nitrogen and oxygen atoms in total. The van der Waals surface area contributed by atoms with Crippen LogP contribution in [-0.4, -0.2) is 82.3 Å². The van der Waals surface area contributed by atoms with Gasteiger partial charge in [-0.25, -0.2) is 0 Å². The second kappa shape index (κ2) is 43.6. The number of quaternary nitrogens is 1. The molecule has 0 heterocycles. The van der Waals surface area contributed by atoms with Crippen molar-refractivity contribution in [3.05, 3.63) is 109 Å². The number of esters is 2. The van der Waals surface area contributed by atoms with Gasteiger partial charge in [-0.1, -0.05) is 162 Å². The number of nitrogens with zero attached hydrogens (tertiary/aromatic N) is 1. The van der Waals surface area contributed by atoms with Gasteiger partial charge in [0.1, 0.15) is 13.2 Å². The number of hydrogen-bond donors (Lipinski definition) is 0. The molecule has 0 bridgehead atoms. The Morgan fingerprint density at radius 2 is 0.919 bits per heavy atom. The molecule has 0 radical (unpaired) electrons. The summed E-state index contributed by atoms with van der Waals surface area (Å²) in [5.41, 5.74) is 0. The van der Waals surface area contributed by atoms with Gasteiger partial charge in [-0.3, -0.25) is 9.59 Å². The van der Waals surface area contributed by atoms with Gasteiger partial charge in [-0.15, -0.1) is 0 Å². The summed E-state index contributed by atoms with van der Waals surface area (Å²) in [5.74, 6) is -2.36. The number of hydrogen-bond acceptors (Lipinski definition) is 8. The van der Waals surface area contributed by atoms with Gasteiger partial charge in [0.2, 0.25) is 0 Å². The summed E-state index contributed by atoms with van der Waals surface area (Å²) >= 11 is 0. The molecule has 0 fully saturated rings. The Morgan fingerprint density at radius 1 is 0.500 bits per heavy atom. The Morgan fingerprint density at radius 3 is 1.37 bits per heavy atom. The number of aliphatic carboxylic acids is 1. The maximum Gasteiger partial charge on any atom is 0.306 e. The molecule has 0 aromatic rings. The third-order valence-corrected chi connectivity index (χ3v) is 9.28. The summed E-state index contributed by atoms with van der Waals surface area (Å²) in [7, 11) is 5.87. The van der Waals surface area contributed by atoms with Crippen molar-refractivity contribution in [1.82, 2.24) is 0 Å². The summed E-state index contributed by atoms with van der Waals surface area (Å²) in [4.78, 5) is 36.7. The molecule has 0 spiro atoms. The molecule has 2 atom stereocenters. The van der Waals surface area contributed by atoms with Crippen molar-refractivity contribution >= 4 is 17.9 Å². The Bertz CT molecular complexity index is 1380. The predicted octanol–water partition coefficient (Wildman–Crippen LogP) is 11.5. The predicted molar refractivity (Wildman–Crippen MR) is 255 cm³/mol. The minimum atomic E-state index is -1.63. The second-order valence-corrected chi connectivity index (χ2v) is 16.3. The number of carboxylic acid groups (broad SMARTS) is 1. The van der Waals surface area contributed by atoms with Gasteiger partial charge in [-0.2, -0.15) is 0 Å². The van der Waals surface area contributed by atoms with Gasteiger partial charge < -0.3 is 33.3 Å². The largest absolute Gasteiger partial charge is 0.545 e. The zero-order chi connectivity index (χ0) is 45.6. The third-order valence-electron chi connectivity index (χ3n) is 9.28. The van der Waals surface area contributed by atoms with E-state index in [1.165, 1.54) is 6.42 Å². The minimum Gasteiger partial charge on any atom is -0.545 e. The molecule has 9 heteroatoms. The summed E-state index contributed by atoms with van der Waals surface area (Å²) in [6.45, 7) is 4.47. The van der Waals surface area contributed by atoms with Gasteiger partial charge in [0, 0.05) is 12.8 Å². The summed E-state index contributed by atoms with van der Waals surface area (Å²) in [6, 6.07) is 0. The van der Waals surface area contributed by atoms with Crippen LogP contribution in [0.15, 0.2) is 109 Å². The molecule has 2 unspecified atom stereocenters. The van der Waals surface area contributed by atoms with Gasteiger partial charge >= 0.3 is 11.9 Å². The lowest BCUT2D eigenvalue weighted by Crippen LogP contribution is -2.44. The fourth-order valence-electron chi connectivity index (χ4n) is 5.64. The molecule has 350 valence electrons. The maximum atomic E-state index is 12.7. The van der Waals surface area contributed by atoms with Crippen LogP contribution in [0.3, 0.4) is 0 Å². The number of carbonyl (C=O) groups is 3. The van der Waals surface area contributed by atoms with Crippen LogP contribution in [0.5, 0.6) is 0 Å². The van der Waals surface area contributed by atoms with Gasteiger partial charge in [0.15, 0.2) is 12.4 Å². The van der Waals surface area contributed by atoms with Crippen LogP contribution in [0.4, 0.5) is 0 Å². The smallest absolute Gasteiger partial charge is 0.306 e. The van der Waals surface area contributed by atoms with E-state index in [0.717, 1.165) is 109 Å². The topological polar surface area (TPSA) is 111 Å². The highest BCUT2D eigenvalue weighted by molar-refractivity contribution is 5.70. The average molecular weight is 864 g/mol. The monoisotopic (exact) mass is 864 g/mol. The van der Waals surface area contributed by atoms with Crippen LogP contribution >= 0.6 is 0 Å².